The molecular formula is C63H98O10. The van der Waals surface area contributed by atoms with Crippen LogP contribution in [-0.4, -0.2) is 54.4 Å². The topological polar surface area (TPSA) is 171 Å². The fourth-order valence-electron chi connectivity index (χ4n) is 4.65. The standard InChI is InChI=1S/C11H14O.C10H12O.C10H14.C9H12.C7H12O2.C5H8O2.C4H10.2C2H6.CO2.2CH2O/c1-3-9-5-7-10(8-6-9)11(12)4-2;1-2-10(11)8-9-6-4-3-5-7-9;1-3-9-5-7-10(4-2)8-6-9;1-3-9-6-4-8(2)5-7-9;1-3-7(9)5-4-6(2)8;1-3-5(7)4(2)6;1-3-4-2;2*1-2;2-1-3;2*1-2/h5-8H,3-4H2,1-2H3;3-7H,2,8H2,1H3;5-8H,3-4H2,1-2H3;4-7H,3H2,1-2H3;3-5H2,1-2H3;3H2,1-2H3;3-4H2,1-2H3;2*1-2H3;;2*1H2. The summed E-state index contributed by atoms with van der Waals surface area (Å²) < 4.78 is 0. The van der Waals surface area contributed by atoms with Crippen molar-refractivity contribution < 1.29 is 47.9 Å². The van der Waals surface area contributed by atoms with Gasteiger partial charge in [0.2, 0.25) is 0 Å². The third-order valence-electron chi connectivity index (χ3n) is 9.38. The molecule has 0 aliphatic rings. The lowest BCUT2D eigenvalue weighted by Gasteiger charge is -1.99. The van der Waals surface area contributed by atoms with Crippen molar-refractivity contribution in [2.45, 2.75) is 201 Å². The fourth-order valence-corrected chi connectivity index (χ4v) is 4.65. The van der Waals surface area contributed by atoms with Crippen molar-refractivity contribution in [1.29, 1.82) is 0 Å². The fraction of sp³-hybridized carbons (Fsp3) is 0.476. The Morgan fingerprint density at radius 2 is 0.753 bits per heavy atom. The van der Waals surface area contributed by atoms with Crippen LogP contribution < -0.4 is 0 Å². The van der Waals surface area contributed by atoms with E-state index in [1.807, 2.05) is 117 Å². The number of hydrogen-bond donors (Lipinski definition) is 0. The van der Waals surface area contributed by atoms with Gasteiger partial charge in [-0.25, -0.2) is 0 Å². The molecule has 410 valence electrons. The monoisotopic (exact) mass is 1010 g/mol. The highest BCUT2D eigenvalue weighted by Gasteiger charge is 2.02. The summed E-state index contributed by atoms with van der Waals surface area (Å²) in [6.45, 7) is 37.2. The summed E-state index contributed by atoms with van der Waals surface area (Å²) in [5.41, 5.74) is 8.83. The van der Waals surface area contributed by atoms with Gasteiger partial charge in [-0.15, -0.1) is 0 Å². The van der Waals surface area contributed by atoms with Gasteiger partial charge in [-0.2, -0.15) is 9.59 Å². The maximum absolute atomic E-state index is 11.2. The zero-order chi connectivity index (χ0) is 58.4. The Kier molecular flexibility index (Phi) is 77.4. The first-order chi connectivity index (χ1) is 35.0. The first-order valence-corrected chi connectivity index (χ1v) is 25.9. The van der Waals surface area contributed by atoms with E-state index < -0.39 is 0 Å². The van der Waals surface area contributed by atoms with Gasteiger partial charge < -0.3 is 14.4 Å². The lowest BCUT2D eigenvalue weighted by atomic mass is 10.1. The molecule has 0 aliphatic carbocycles. The number of aryl methyl sites for hydroxylation is 5. The van der Waals surface area contributed by atoms with Crippen molar-refractivity contribution in [2.75, 3.05) is 0 Å². The summed E-state index contributed by atoms with van der Waals surface area (Å²) in [5.74, 6) is 0.151. The maximum Gasteiger partial charge on any atom is 0.373 e. The molecule has 10 heteroatoms. The second kappa shape index (κ2) is 67.7. The van der Waals surface area contributed by atoms with E-state index in [1.165, 1.54) is 54.5 Å². The summed E-state index contributed by atoms with van der Waals surface area (Å²) in [6, 6.07) is 35.2. The van der Waals surface area contributed by atoms with Gasteiger partial charge in [0, 0.05) is 57.4 Å². The Balaban J connectivity index is -0.000000110. The Morgan fingerprint density at radius 3 is 1.00 bits per heavy atom. The summed E-state index contributed by atoms with van der Waals surface area (Å²) in [5, 5.41) is 0. The average Bonchev–Trinajstić information content (AvgIpc) is 3.45. The Hall–Kier alpha value is -6.38. The molecule has 0 bridgehead atoms. The number of ketones is 6. The van der Waals surface area contributed by atoms with Gasteiger partial charge in [0.15, 0.2) is 17.3 Å². The highest BCUT2D eigenvalue weighted by atomic mass is 16.2. The number of unbranched alkanes of at least 4 members (excludes halogenated alkanes) is 1. The van der Waals surface area contributed by atoms with Crippen LogP contribution >= 0.6 is 0 Å². The van der Waals surface area contributed by atoms with Crippen molar-refractivity contribution in [3.05, 3.63) is 142 Å². The molecule has 0 spiro atoms. The number of benzene rings is 4. The van der Waals surface area contributed by atoms with E-state index >= 15 is 0 Å². The summed E-state index contributed by atoms with van der Waals surface area (Å²) in [7, 11) is 0. The van der Waals surface area contributed by atoms with E-state index in [4.69, 9.17) is 19.2 Å². The molecule has 0 amide bonds. The summed E-state index contributed by atoms with van der Waals surface area (Å²) in [4.78, 5) is 95.5. The van der Waals surface area contributed by atoms with Gasteiger partial charge in [0.1, 0.15) is 30.9 Å². The van der Waals surface area contributed by atoms with E-state index in [-0.39, 0.29) is 35.1 Å². The number of carbonyl (C=O) groups is 8. The van der Waals surface area contributed by atoms with Gasteiger partial charge >= 0.3 is 6.15 Å². The van der Waals surface area contributed by atoms with Crippen LogP contribution in [0, 0.1) is 6.92 Å². The van der Waals surface area contributed by atoms with E-state index in [0.717, 1.165) is 36.8 Å². The Labute approximate surface area is 444 Å². The van der Waals surface area contributed by atoms with Crippen molar-refractivity contribution in [3.8, 4) is 0 Å². The molecule has 0 N–H and O–H groups in total. The SMILES string of the molecule is C=O.C=O.CC.CC.CCC(=O)C(C)=O.CCC(=O)CCC(C)=O.CCC(=O)Cc1ccccc1.CCC(=O)c1ccc(CC)cc1.CCCC.CCc1ccc(C)cc1.CCc1ccc(CC)cc1.O=C=O. The second-order valence-electron chi connectivity index (χ2n) is 14.8. The maximum atomic E-state index is 11.2. The molecule has 0 heterocycles. The molecule has 0 atom stereocenters. The van der Waals surface area contributed by atoms with Gasteiger partial charge in [-0.3, -0.25) is 24.0 Å². The molecule has 4 aromatic rings. The first kappa shape index (κ1) is 83.5. The van der Waals surface area contributed by atoms with Gasteiger partial charge in [0.25, 0.3) is 0 Å². The molecule has 0 fully saturated rings. The third kappa shape index (κ3) is 61.7. The molecule has 10 nitrogen and oxygen atoms in total. The molecule has 4 rings (SSSR count). The minimum absolute atomic E-state index is 0.0943. The number of hydrogen-bond acceptors (Lipinski definition) is 10. The minimum atomic E-state index is -0.345. The Morgan fingerprint density at radius 1 is 0.425 bits per heavy atom. The molecule has 0 radical (unpaired) electrons. The highest BCUT2D eigenvalue weighted by Crippen LogP contribution is 2.08. The molecule has 0 aliphatic heterocycles. The van der Waals surface area contributed by atoms with Crippen molar-refractivity contribution in [3.63, 3.8) is 0 Å². The third-order valence-corrected chi connectivity index (χ3v) is 9.38. The van der Waals surface area contributed by atoms with Crippen LogP contribution in [0.5, 0.6) is 0 Å². The molecule has 0 saturated carbocycles. The molecule has 0 unspecified atom stereocenters. The normalized spacial score (nSPS) is 8.29. The smallest absolute Gasteiger partial charge is 0.307 e. The number of carbonyl (C=O) groups excluding carboxylic acids is 10. The van der Waals surface area contributed by atoms with Gasteiger partial charge in [0.05, 0.1) is 0 Å². The lowest BCUT2D eigenvalue weighted by Crippen LogP contribution is -2.06. The van der Waals surface area contributed by atoms with Crippen LogP contribution in [0.1, 0.15) is 206 Å². The van der Waals surface area contributed by atoms with Crippen molar-refractivity contribution in [1.82, 2.24) is 0 Å². The summed E-state index contributed by atoms with van der Waals surface area (Å²) >= 11 is 0. The van der Waals surface area contributed by atoms with Crippen LogP contribution in [-0.2, 0) is 75.3 Å². The van der Waals surface area contributed by atoms with Crippen LogP contribution in [0.15, 0.2) is 103 Å². The minimum Gasteiger partial charge on any atom is -0.307 e. The Bertz CT molecular complexity index is 1870. The van der Waals surface area contributed by atoms with E-state index in [0.29, 0.717) is 50.7 Å². The number of rotatable bonds is 16. The predicted octanol–water partition coefficient (Wildman–Crippen LogP) is 15.2. The molecule has 0 saturated heterocycles. The van der Waals surface area contributed by atoms with Crippen molar-refractivity contribution >= 4 is 54.4 Å². The summed E-state index contributed by atoms with van der Waals surface area (Å²) in [6.07, 6.45) is 10.9. The zero-order valence-electron chi connectivity index (χ0n) is 48.5. The van der Waals surface area contributed by atoms with Gasteiger partial charge in [-0.05, 0) is 67.3 Å². The van der Waals surface area contributed by atoms with Crippen LogP contribution in [0.3, 0.4) is 0 Å². The first-order valence-electron chi connectivity index (χ1n) is 25.9. The largest absolute Gasteiger partial charge is 0.373 e. The van der Waals surface area contributed by atoms with Gasteiger partial charge in [-0.1, -0.05) is 218 Å². The van der Waals surface area contributed by atoms with Crippen LogP contribution in [0.25, 0.3) is 0 Å². The zero-order valence-corrected chi connectivity index (χ0v) is 48.5. The molecular weight excluding hydrogens is 917 g/mol. The molecule has 4 aromatic carbocycles. The van der Waals surface area contributed by atoms with Crippen molar-refractivity contribution in [2.24, 2.45) is 0 Å². The van der Waals surface area contributed by atoms with E-state index in [1.54, 1.807) is 6.92 Å². The van der Waals surface area contributed by atoms with Crippen LogP contribution in [0.4, 0.5) is 0 Å². The highest BCUT2D eigenvalue weighted by molar-refractivity contribution is 6.36. The quantitative estimate of drug-likeness (QED) is 0.0777. The average molecular weight is 1020 g/mol. The lowest BCUT2D eigenvalue weighted by molar-refractivity contribution is -0.191. The predicted molar refractivity (Wildman–Crippen MR) is 305 cm³/mol. The number of Topliss-reactive ketones (excluding diaryl/α,β-unsaturated/α-hetero) is 6. The van der Waals surface area contributed by atoms with Crippen LogP contribution in [0.2, 0.25) is 0 Å². The molecule has 0 aromatic heterocycles. The van der Waals surface area contributed by atoms with E-state index in [9.17, 15) is 28.8 Å². The van der Waals surface area contributed by atoms with E-state index in [2.05, 4.69) is 97.0 Å². The molecule has 73 heavy (non-hydrogen) atoms. The second-order valence-corrected chi connectivity index (χ2v) is 14.8.